The fraction of sp³-hybridized carbons (Fsp3) is 0.133. The molecule has 19 heavy (non-hydrogen) atoms. The van der Waals surface area contributed by atoms with Crippen molar-refractivity contribution in [1.29, 1.82) is 0 Å². The molecule has 98 valence electrons. The third-order valence-corrected chi connectivity index (χ3v) is 3.68. The first-order valence-corrected chi connectivity index (χ1v) is 7.09. The Labute approximate surface area is 121 Å². The van der Waals surface area contributed by atoms with Crippen LogP contribution in [0.1, 0.15) is 17.3 Å². The van der Waals surface area contributed by atoms with Crippen molar-refractivity contribution < 1.29 is 9.53 Å². The number of ether oxygens (including phenoxy) is 1. The Hall–Kier alpha value is -1.45. The second-order valence-corrected chi connectivity index (χ2v) is 5.38. The van der Waals surface area contributed by atoms with Crippen molar-refractivity contribution in [2.45, 2.75) is 16.7 Å². The molecule has 0 heterocycles. The minimum Gasteiger partial charge on any atom is -0.462 e. The molecule has 0 bridgehead atoms. The minimum absolute atomic E-state index is 0.287. The minimum atomic E-state index is -0.287. The Morgan fingerprint density at radius 1 is 1.05 bits per heavy atom. The standard InChI is InChI=1S/C15H13ClO2S/c1-2-18-15(17)11-3-7-13(8-4-11)19-14-9-5-12(16)6-10-14/h3-10H,2H2,1H3. The van der Waals surface area contributed by atoms with Gasteiger partial charge in [0.15, 0.2) is 0 Å². The van der Waals surface area contributed by atoms with Crippen LogP contribution in [0.5, 0.6) is 0 Å². The molecular formula is C15H13ClO2S. The van der Waals surface area contributed by atoms with Crippen molar-refractivity contribution in [2.75, 3.05) is 6.61 Å². The van der Waals surface area contributed by atoms with E-state index in [0.29, 0.717) is 12.2 Å². The maximum absolute atomic E-state index is 11.5. The van der Waals surface area contributed by atoms with Gasteiger partial charge in [-0.1, -0.05) is 23.4 Å². The lowest BCUT2D eigenvalue weighted by Crippen LogP contribution is -2.03. The van der Waals surface area contributed by atoms with Gasteiger partial charge in [-0.25, -0.2) is 4.79 Å². The van der Waals surface area contributed by atoms with E-state index in [4.69, 9.17) is 16.3 Å². The smallest absolute Gasteiger partial charge is 0.338 e. The van der Waals surface area contributed by atoms with Crippen molar-refractivity contribution in [3.8, 4) is 0 Å². The summed E-state index contributed by atoms with van der Waals surface area (Å²) >= 11 is 7.46. The molecule has 0 unspecified atom stereocenters. The highest BCUT2D eigenvalue weighted by Gasteiger charge is 2.06. The van der Waals surface area contributed by atoms with E-state index in [9.17, 15) is 4.79 Å². The van der Waals surface area contributed by atoms with Gasteiger partial charge in [-0.05, 0) is 55.5 Å². The van der Waals surface area contributed by atoms with Gasteiger partial charge >= 0.3 is 5.97 Å². The summed E-state index contributed by atoms with van der Waals surface area (Å²) < 4.78 is 4.94. The third-order valence-electron chi connectivity index (χ3n) is 2.41. The van der Waals surface area contributed by atoms with Crippen LogP contribution in [0.2, 0.25) is 5.02 Å². The molecular weight excluding hydrogens is 280 g/mol. The maximum atomic E-state index is 11.5. The normalized spacial score (nSPS) is 10.2. The molecule has 0 radical (unpaired) electrons. The summed E-state index contributed by atoms with van der Waals surface area (Å²) in [6, 6.07) is 15.0. The molecule has 2 rings (SSSR count). The Morgan fingerprint density at radius 2 is 1.58 bits per heavy atom. The Bertz CT molecular complexity index is 549. The zero-order chi connectivity index (χ0) is 13.7. The van der Waals surface area contributed by atoms with Gasteiger partial charge < -0.3 is 4.74 Å². The second kappa shape index (κ2) is 6.64. The summed E-state index contributed by atoms with van der Waals surface area (Å²) in [4.78, 5) is 13.7. The quantitative estimate of drug-likeness (QED) is 0.766. The molecule has 0 atom stereocenters. The van der Waals surface area contributed by atoms with Crippen LogP contribution >= 0.6 is 23.4 Å². The second-order valence-electron chi connectivity index (χ2n) is 3.80. The van der Waals surface area contributed by atoms with E-state index < -0.39 is 0 Å². The summed E-state index contributed by atoms with van der Waals surface area (Å²) in [5, 5.41) is 0.724. The van der Waals surface area contributed by atoms with Crippen LogP contribution < -0.4 is 0 Å². The first kappa shape index (κ1) is 14.0. The molecule has 4 heteroatoms. The molecule has 0 saturated carbocycles. The third kappa shape index (κ3) is 4.01. The average Bonchev–Trinajstić information content (AvgIpc) is 2.42. The number of benzene rings is 2. The zero-order valence-corrected chi connectivity index (χ0v) is 12.0. The molecule has 0 aromatic heterocycles. The number of esters is 1. The predicted octanol–water partition coefficient (Wildman–Crippen LogP) is 4.67. The van der Waals surface area contributed by atoms with E-state index in [1.165, 1.54) is 0 Å². The molecule has 2 nitrogen and oxygen atoms in total. The van der Waals surface area contributed by atoms with Crippen molar-refractivity contribution in [2.24, 2.45) is 0 Å². The molecule has 0 fully saturated rings. The van der Waals surface area contributed by atoms with Crippen LogP contribution in [0.3, 0.4) is 0 Å². The number of halogens is 1. The SMILES string of the molecule is CCOC(=O)c1ccc(Sc2ccc(Cl)cc2)cc1. The van der Waals surface area contributed by atoms with E-state index >= 15 is 0 Å². The summed E-state index contributed by atoms with van der Waals surface area (Å²) in [7, 11) is 0. The summed E-state index contributed by atoms with van der Waals surface area (Å²) in [6.45, 7) is 2.18. The van der Waals surface area contributed by atoms with Crippen molar-refractivity contribution in [3.63, 3.8) is 0 Å². The van der Waals surface area contributed by atoms with Gasteiger partial charge in [-0.15, -0.1) is 0 Å². The predicted molar refractivity (Wildman–Crippen MR) is 78.0 cm³/mol. The van der Waals surface area contributed by atoms with Gasteiger partial charge in [-0.2, -0.15) is 0 Å². The van der Waals surface area contributed by atoms with E-state index in [-0.39, 0.29) is 5.97 Å². The Morgan fingerprint density at radius 3 is 2.11 bits per heavy atom. The molecule has 0 spiro atoms. The van der Waals surface area contributed by atoms with E-state index in [0.717, 1.165) is 14.8 Å². The summed E-state index contributed by atoms with van der Waals surface area (Å²) in [5.41, 5.74) is 0.572. The van der Waals surface area contributed by atoms with Crippen LogP contribution in [-0.4, -0.2) is 12.6 Å². The molecule has 0 aliphatic rings. The average molecular weight is 293 g/mol. The molecule has 2 aromatic rings. The van der Waals surface area contributed by atoms with Crippen LogP contribution in [0.25, 0.3) is 0 Å². The van der Waals surface area contributed by atoms with Crippen LogP contribution in [0.4, 0.5) is 0 Å². The van der Waals surface area contributed by atoms with Gasteiger partial charge in [0.2, 0.25) is 0 Å². The van der Waals surface area contributed by atoms with Crippen molar-refractivity contribution in [1.82, 2.24) is 0 Å². The first-order chi connectivity index (χ1) is 9.19. The molecule has 2 aromatic carbocycles. The molecule has 0 aliphatic heterocycles. The number of carbonyl (C=O) groups excluding carboxylic acids is 1. The lowest BCUT2D eigenvalue weighted by atomic mass is 10.2. The highest BCUT2D eigenvalue weighted by molar-refractivity contribution is 7.99. The zero-order valence-electron chi connectivity index (χ0n) is 10.4. The number of hydrogen-bond acceptors (Lipinski definition) is 3. The van der Waals surface area contributed by atoms with Gasteiger partial charge in [-0.3, -0.25) is 0 Å². The van der Waals surface area contributed by atoms with Crippen molar-refractivity contribution >= 4 is 29.3 Å². The largest absolute Gasteiger partial charge is 0.462 e. The van der Waals surface area contributed by atoms with Crippen LogP contribution in [-0.2, 0) is 4.74 Å². The summed E-state index contributed by atoms with van der Waals surface area (Å²) in [6.07, 6.45) is 0. The lowest BCUT2D eigenvalue weighted by Gasteiger charge is -2.04. The van der Waals surface area contributed by atoms with Gasteiger partial charge in [0.1, 0.15) is 0 Å². The highest BCUT2D eigenvalue weighted by atomic mass is 35.5. The lowest BCUT2D eigenvalue weighted by molar-refractivity contribution is 0.0526. The van der Waals surface area contributed by atoms with E-state index in [2.05, 4.69) is 0 Å². The monoisotopic (exact) mass is 292 g/mol. The molecule has 0 amide bonds. The van der Waals surface area contributed by atoms with Gasteiger partial charge in [0.05, 0.1) is 12.2 Å². The molecule has 0 aliphatic carbocycles. The van der Waals surface area contributed by atoms with E-state index in [1.807, 2.05) is 36.4 Å². The summed E-state index contributed by atoms with van der Waals surface area (Å²) in [5.74, 6) is -0.287. The van der Waals surface area contributed by atoms with Crippen LogP contribution in [0, 0.1) is 0 Å². The Balaban J connectivity index is 2.06. The van der Waals surface area contributed by atoms with Crippen molar-refractivity contribution in [3.05, 3.63) is 59.1 Å². The Kier molecular flexibility index (Phi) is 4.88. The molecule has 0 N–H and O–H groups in total. The topological polar surface area (TPSA) is 26.3 Å². The first-order valence-electron chi connectivity index (χ1n) is 5.89. The highest BCUT2D eigenvalue weighted by Crippen LogP contribution is 2.28. The fourth-order valence-electron chi connectivity index (χ4n) is 1.51. The number of hydrogen-bond donors (Lipinski definition) is 0. The van der Waals surface area contributed by atoms with Crippen LogP contribution in [0.15, 0.2) is 58.3 Å². The maximum Gasteiger partial charge on any atom is 0.338 e. The molecule has 0 saturated heterocycles. The van der Waals surface area contributed by atoms with Gasteiger partial charge in [0.25, 0.3) is 0 Å². The van der Waals surface area contributed by atoms with Gasteiger partial charge in [0, 0.05) is 14.8 Å². The fourth-order valence-corrected chi connectivity index (χ4v) is 2.45. The van der Waals surface area contributed by atoms with E-state index in [1.54, 1.807) is 30.8 Å². The number of carbonyl (C=O) groups is 1. The number of rotatable bonds is 4.